The van der Waals surface area contributed by atoms with E-state index >= 15 is 0 Å². The second-order valence-corrected chi connectivity index (χ2v) is 10.2. The molecule has 1 aliphatic carbocycles. The molecule has 182 valence electrons. The van der Waals surface area contributed by atoms with Crippen molar-refractivity contribution < 1.29 is 9.59 Å². The van der Waals surface area contributed by atoms with Crippen LogP contribution in [0.1, 0.15) is 56.3 Å². The lowest BCUT2D eigenvalue weighted by Gasteiger charge is -2.32. The van der Waals surface area contributed by atoms with Crippen molar-refractivity contribution in [3.05, 3.63) is 65.3 Å². The lowest BCUT2D eigenvalue weighted by Crippen LogP contribution is -2.50. The number of carbonyl (C=O) groups is 2. The van der Waals surface area contributed by atoms with Crippen LogP contribution in [0.2, 0.25) is 5.02 Å². The molecule has 1 fully saturated rings. The average molecular weight is 491 g/mol. The lowest BCUT2D eigenvalue weighted by atomic mass is 9.83. The Morgan fingerprint density at radius 2 is 1.86 bits per heavy atom. The van der Waals surface area contributed by atoms with Gasteiger partial charge in [-0.2, -0.15) is 5.26 Å². The number of hydrogen-bond acceptors (Lipinski definition) is 3. The highest BCUT2D eigenvalue weighted by Crippen LogP contribution is 2.27. The molecular formula is C28H31ClN4O2. The predicted octanol–water partition coefficient (Wildman–Crippen LogP) is 5.63. The first-order valence-corrected chi connectivity index (χ1v) is 12.6. The van der Waals surface area contributed by atoms with Crippen LogP contribution in [0.25, 0.3) is 16.6 Å². The molecule has 0 bridgehead atoms. The highest BCUT2D eigenvalue weighted by atomic mass is 35.5. The minimum absolute atomic E-state index is 0.141. The van der Waals surface area contributed by atoms with Gasteiger partial charge in [-0.25, -0.2) is 0 Å². The molecule has 2 aromatic carbocycles. The van der Waals surface area contributed by atoms with E-state index in [-0.39, 0.29) is 23.8 Å². The number of fused-ring (bicyclic) bond motifs is 1. The van der Waals surface area contributed by atoms with E-state index in [2.05, 4.69) is 21.3 Å². The van der Waals surface area contributed by atoms with E-state index < -0.39 is 6.04 Å². The molecule has 7 heteroatoms. The Morgan fingerprint density at radius 3 is 2.57 bits per heavy atom. The number of amides is 2. The van der Waals surface area contributed by atoms with Crippen LogP contribution in [0.3, 0.4) is 0 Å². The van der Waals surface area contributed by atoms with Crippen molar-refractivity contribution in [2.75, 3.05) is 0 Å². The minimum Gasteiger partial charge on any atom is -0.349 e. The molecule has 35 heavy (non-hydrogen) atoms. The molecule has 1 aromatic heterocycles. The molecule has 1 aliphatic rings. The van der Waals surface area contributed by atoms with Gasteiger partial charge < -0.3 is 15.2 Å². The van der Waals surface area contributed by atoms with Gasteiger partial charge in [-0.3, -0.25) is 9.59 Å². The van der Waals surface area contributed by atoms with E-state index in [1.807, 2.05) is 68.6 Å². The summed E-state index contributed by atoms with van der Waals surface area (Å²) in [6, 6.07) is 16.7. The molecule has 6 nitrogen and oxygen atoms in total. The minimum atomic E-state index is -0.507. The van der Waals surface area contributed by atoms with Gasteiger partial charge >= 0.3 is 0 Å². The van der Waals surface area contributed by atoms with Crippen molar-refractivity contribution >= 4 is 34.3 Å². The number of carbonyl (C=O) groups excluding carboxylic acids is 2. The monoisotopic (exact) mass is 490 g/mol. The summed E-state index contributed by atoms with van der Waals surface area (Å²) in [4.78, 5) is 26.1. The van der Waals surface area contributed by atoms with Crippen molar-refractivity contribution in [1.29, 1.82) is 5.26 Å². The molecular weight excluding hydrogens is 460 g/mol. The second kappa shape index (κ2) is 11.0. The third-order valence-electron chi connectivity index (χ3n) is 6.66. The standard InChI is InChI=1S/C28H31ClN4O2/c1-18(2)15-22(17-30)31-28(35)24-5-3-4-6-25(24)32-27(34)20-7-12-26-19(16-20)13-14-33(26)23-10-8-21(29)9-11-23/h7-14,16,18,22,24-25H,3-6,15H2,1-2H3,(H,31,35)(H,32,34). The summed E-state index contributed by atoms with van der Waals surface area (Å²) in [7, 11) is 0. The van der Waals surface area contributed by atoms with E-state index in [1.165, 1.54) is 0 Å². The fourth-order valence-corrected chi connectivity index (χ4v) is 5.00. The average Bonchev–Trinajstić information content (AvgIpc) is 3.27. The van der Waals surface area contributed by atoms with Gasteiger partial charge in [0.05, 0.1) is 17.5 Å². The quantitative estimate of drug-likeness (QED) is 0.450. The Kier molecular flexibility index (Phi) is 7.77. The maximum absolute atomic E-state index is 13.1. The molecule has 2 amide bonds. The summed E-state index contributed by atoms with van der Waals surface area (Å²) in [5.74, 6) is -0.343. The van der Waals surface area contributed by atoms with Crippen molar-refractivity contribution in [2.45, 2.75) is 58.0 Å². The van der Waals surface area contributed by atoms with Crippen molar-refractivity contribution in [1.82, 2.24) is 15.2 Å². The van der Waals surface area contributed by atoms with Gasteiger partial charge in [0, 0.05) is 33.9 Å². The Labute approximate surface area is 211 Å². The van der Waals surface area contributed by atoms with E-state index in [0.717, 1.165) is 35.9 Å². The van der Waals surface area contributed by atoms with Crippen LogP contribution in [0.4, 0.5) is 0 Å². The number of rotatable bonds is 7. The van der Waals surface area contributed by atoms with Crippen molar-refractivity contribution in [3.63, 3.8) is 0 Å². The van der Waals surface area contributed by atoms with Crippen LogP contribution >= 0.6 is 11.6 Å². The molecule has 0 saturated heterocycles. The molecule has 1 heterocycles. The zero-order valence-electron chi connectivity index (χ0n) is 20.1. The molecule has 3 atom stereocenters. The highest BCUT2D eigenvalue weighted by Gasteiger charge is 2.33. The molecule has 0 aliphatic heterocycles. The third kappa shape index (κ3) is 5.86. The van der Waals surface area contributed by atoms with Crippen LogP contribution in [0, 0.1) is 23.2 Å². The van der Waals surface area contributed by atoms with Gasteiger partial charge in [-0.15, -0.1) is 0 Å². The van der Waals surface area contributed by atoms with E-state index in [1.54, 1.807) is 0 Å². The molecule has 2 N–H and O–H groups in total. The van der Waals surface area contributed by atoms with Crippen molar-refractivity contribution in [3.8, 4) is 11.8 Å². The Hall–Kier alpha value is -3.30. The van der Waals surface area contributed by atoms with Gasteiger partial charge in [-0.1, -0.05) is 38.3 Å². The summed E-state index contributed by atoms with van der Waals surface area (Å²) in [5.41, 5.74) is 2.54. The first-order valence-electron chi connectivity index (χ1n) is 12.2. The number of benzene rings is 2. The maximum Gasteiger partial charge on any atom is 0.251 e. The van der Waals surface area contributed by atoms with Crippen LogP contribution < -0.4 is 10.6 Å². The SMILES string of the molecule is CC(C)CC(C#N)NC(=O)C1CCCCC1NC(=O)c1ccc2c(ccn2-c2ccc(Cl)cc2)c1. The molecule has 0 spiro atoms. The van der Waals surface area contributed by atoms with Crippen LogP contribution in [0.15, 0.2) is 54.7 Å². The number of aromatic nitrogens is 1. The third-order valence-corrected chi connectivity index (χ3v) is 6.91. The van der Waals surface area contributed by atoms with Gasteiger partial charge in [0.1, 0.15) is 6.04 Å². The number of halogens is 1. The Balaban J connectivity index is 1.47. The fraction of sp³-hybridized carbons (Fsp3) is 0.393. The summed E-state index contributed by atoms with van der Waals surface area (Å²) in [5, 5.41) is 17.0. The molecule has 3 aromatic rings. The molecule has 0 radical (unpaired) electrons. The van der Waals surface area contributed by atoms with Crippen LogP contribution in [-0.2, 0) is 4.79 Å². The zero-order chi connectivity index (χ0) is 24.9. The normalized spacial score (nSPS) is 18.7. The van der Waals surface area contributed by atoms with E-state index in [9.17, 15) is 14.9 Å². The number of nitrogens with zero attached hydrogens (tertiary/aromatic N) is 2. The van der Waals surface area contributed by atoms with Crippen LogP contribution in [-0.4, -0.2) is 28.5 Å². The van der Waals surface area contributed by atoms with Crippen molar-refractivity contribution in [2.24, 2.45) is 11.8 Å². The summed E-state index contributed by atoms with van der Waals surface area (Å²) in [6.45, 7) is 4.06. The molecule has 3 unspecified atom stereocenters. The second-order valence-electron chi connectivity index (χ2n) is 9.73. The van der Waals surface area contributed by atoms with E-state index in [4.69, 9.17) is 11.6 Å². The van der Waals surface area contributed by atoms with Gasteiger partial charge in [-0.05, 0) is 73.7 Å². The Bertz CT molecular complexity index is 1240. The number of hydrogen-bond donors (Lipinski definition) is 2. The summed E-state index contributed by atoms with van der Waals surface area (Å²) in [6.07, 6.45) is 5.95. The van der Waals surface area contributed by atoms with E-state index in [0.29, 0.717) is 29.3 Å². The maximum atomic E-state index is 13.1. The zero-order valence-corrected chi connectivity index (χ0v) is 20.9. The van der Waals surface area contributed by atoms with Gasteiger partial charge in [0.2, 0.25) is 5.91 Å². The predicted molar refractivity (Wildman–Crippen MR) is 138 cm³/mol. The first-order chi connectivity index (χ1) is 16.9. The topological polar surface area (TPSA) is 86.9 Å². The molecule has 4 rings (SSSR count). The summed E-state index contributed by atoms with van der Waals surface area (Å²) < 4.78 is 2.05. The number of nitrogens with one attached hydrogen (secondary N) is 2. The largest absolute Gasteiger partial charge is 0.349 e. The van der Waals surface area contributed by atoms with Crippen LogP contribution in [0.5, 0.6) is 0 Å². The summed E-state index contributed by atoms with van der Waals surface area (Å²) >= 11 is 6.02. The smallest absolute Gasteiger partial charge is 0.251 e. The number of nitriles is 1. The van der Waals surface area contributed by atoms with Gasteiger partial charge in [0.25, 0.3) is 5.91 Å². The lowest BCUT2D eigenvalue weighted by molar-refractivity contribution is -0.127. The fourth-order valence-electron chi connectivity index (χ4n) is 4.87. The Morgan fingerprint density at radius 1 is 1.11 bits per heavy atom. The first kappa shape index (κ1) is 24.8. The van der Waals surface area contributed by atoms with Gasteiger partial charge in [0.15, 0.2) is 0 Å². The highest BCUT2D eigenvalue weighted by molar-refractivity contribution is 6.30. The molecule has 1 saturated carbocycles.